The summed E-state index contributed by atoms with van der Waals surface area (Å²) in [5.41, 5.74) is 1.17. The predicted molar refractivity (Wildman–Crippen MR) is 145 cm³/mol. The predicted octanol–water partition coefficient (Wildman–Crippen LogP) is 9.47. The number of rotatable bonds is 16. The van der Waals surface area contributed by atoms with Gasteiger partial charge in [0.15, 0.2) is 0 Å². The van der Waals surface area contributed by atoms with E-state index in [2.05, 4.69) is 6.92 Å². The summed E-state index contributed by atoms with van der Waals surface area (Å²) >= 11 is 0. The maximum Gasteiger partial charge on any atom is 0.346 e. The number of hydrogen-bond acceptors (Lipinski definition) is 3. The lowest BCUT2D eigenvalue weighted by molar-refractivity contribution is 0.0730. The van der Waals surface area contributed by atoms with Crippen LogP contribution in [0.4, 0.5) is 4.39 Å². The zero-order valence-corrected chi connectivity index (χ0v) is 22.2. The van der Waals surface area contributed by atoms with E-state index in [-0.39, 0.29) is 5.56 Å². The van der Waals surface area contributed by atoms with E-state index in [0.717, 1.165) is 25.2 Å². The van der Waals surface area contributed by atoms with Crippen LogP contribution in [0, 0.1) is 11.7 Å². The largest absolute Gasteiger partial charge is 0.493 e. The van der Waals surface area contributed by atoms with Crippen molar-refractivity contribution in [2.24, 2.45) is 5.92 Å². The number of aryl methyl sites for hydroxylation is 1. The number of esters is 1. The normalized spacial score (nSPS) is 14.1. The lowest BCUT2D eigenvalue weighted by Gasteiger charge is -2.21. The average Bonchev–Trinajstić information content (AvgIpc) is 2.90. The summed E-state index contributed by atoms with van der Waals surface area (Å²) in [6.45, 7) is 2.80. The van der Waals surface area contributed by atoms with Crippen LogP contribution in [-0.2, 0) is 6.42 Å². The van der Waals surface area contributed by atoms with Gasteiger partial charge < -0.3 is 9.47 Å². The average molecular weight is 497 g/mol. The molecule has 2 aromatic rings. The smallest absolute Gasteiger partial charge is 0.346 e. The molecule has 3 nitrogen and oxygen atoms in total. The second-order valence-electron chi connectivity index (χ2n) is 10.4. The Morgan fingerprint density at radius 2 is 1.47 bits per heavy atom. The maximum absolute atomic E-state index is 14.6. The molecule has 0 aliphatic heterocycles. The lowest BCUT2D eigenvalue weighted by Crippen LogP contribution is -2.11. The maximum atomic E-state index is 14.6. The minimum atomic E-state index is -0.687. The monoisotopic (exact) mass is 496 g/mol. The van der Waals surface area contributed by atoms with Gasteiger partial charge >= 0.3 is 5.97 Å². The highest BCUT2D eigenvalue weighted by Gasteiger charge is 2.16. The fourth-order valence-electron chi connectivity index (χ4n) is 5.09. The van der Waals surface area contributed by atoms with Gasteiger partial charge in [0.2, 0.25) is 0 Å². The van der Waals surface area contributed by atoms with Crippen molar-refractivity contribution >= 4 is 5.97 Å². The molecule has 1 fully saturated rings. The fraction of sp³-hybridized carbons (Fsp3) is 0.594. The van der Waals surface area contributed by atoms with Crippen LogP contribution in [-0.4, -0.2) is 12.6 Å². The Hall–Kier alpha value is -2.36. The summed E-state index contributed by atoms with van der Waals surface area (Å²) in [6, 6.07) is 12.0. The van der Waals surface area contributed by atoms with Crippen molar-refractivity contribution in [3.8, 4) is 11.5 Å². The molecule has 4 heteroatoms. The molecule has 0 spiro atoms. The second kappa shape index (κ2) is 16.4. The number of halogens is 1. The fourth-order valence-corrected chi connectivity index (χ4v) is 5.09. The minimum Gasteiger partial charge on any atom is -0.493 e. The molecule has 198 valence electrons. The highest BCUT2D eigenvalue weighted by Crippen LogP contribution is 2.28. The molecule has 0 atom stereocenters. The van der Waals surface area contributed by atoms with Gasteiger partial charge in [0.05, 0.1) is 12.2 Å². The van der Waals surface area contributed by atoms with E-state index >= 15 is 0 Å². The van der Waals surface area contributed by atoms with Gasteiger partial charge in [-0.25, -0.2) is 9.18 Å². The van der Waals surface area contributed by atoms with Gasteiger partial charge in [0.25, 0.3) is 0 Å². The Labute approximate surface area is 217 Å². The molecule has 0 N–H and O–H groups in total. The van der Waals surface area contributed by atoms with Crippen molar-refractivity contribution in [3.05, 3.63) is 59.4 Å². The van der Waals surface area contributed by atoms with E-state index in [0.29, 0.717) is 18.1 Å². The van der Waals surface area contributed by atoms with E-state index in [1.54, 1.807) is 18.2 Å². The van der Waals surface area contributed by atoms with Gasteiger partial charge in [0, 0.05) is 6.07 Å². The molecule has 1 saturated carbocycles. The Morgan fingerprint density at radius 1 is 0.833 bits per heavy atom. The summed E-state index contributed by atoms with van der Waals surface area (Å²) in [5.74, 6) is 0.426. The van der Waals surface area contributed by atoms with Gasteiger partial charge in [-0.05, 0) is 55.0 Å². The number of benzene rings is 2. The molecular weight excluding hydrogens is 451 g/mol. The molecule has 0 aromatic heterocycles. The third-order valence-electron chi connectivity index (χ3n) is 7.38. The van der Waals surface area contributed by atoms with Crippen LogP contribution >= 0.6 is 0 Å². The quantitative estimate of drug-likeness (QED) is 0.132. The molecule has 0 unspecified atom stereocenters. The van der Waals surface area contributed by atoms with Gasteiger partial charge in [-0.2, -0.15) is 0 Å². The van der Waals surface area contributed by atoms with Crippen molar-refractivity contribution in [2.45, 2.75) is 110 Å². The molecule has 1 aliphatic carbocycles. The topological polar surface area (TPSA) is 35.5 Å². The zero-order valence-electron chi connectivity index (χ0n) is 22.2. The van der Waals surface area contributed by atoms with Crippen LogP contribution in [0.25, 0.3) is 0 Å². The summed E-state index contributed by atoms with van der Waals surface area (Å²) in [5, 5.41) is 0. The van der Waals surface area contributed by atoms with E-state index in [1.165, 1.54) is 101 Å². The van der Waals surface area contributed by atoms with E-state index in [9.17, 15) is 9.18 Å². The van der Waals surface area contributed by atoms with Crippen molar-refractivity contribution in [3.63, 3.8) is 0 Å². The molecule has 1 aliphatic rings. The first-order valence-corrected chi connectivity index (χ1v) is 14.4. The third-order valence-corrected chi connectivity index (χ3v) is 7.38. The first-order valence-electron chi connectivity index (χ1n) is 14.4. The highest BCUT2D eigenvalue weighted by molar-refractivity contribution is 5.91. The van der Waals surface area contributed by atoms with Crippen LogP contribution < -0.4 is 9.47 Å². The van der Waals surface area contributed by atoms with Crippen molar-refractivity contribution < 1.29 is 18.7 Å². The van der Waals surface area contributed by atoms with Crippen LogP contribution in [0.1, 0.15) is 119 Å². The van der Waals surface area contributed by atoms with Crippen molar-refractivity contribution in [2.75, 3.05) is 6.61 Å². The number of hydrogen-bond donors (Lipinski definition) is 0. The number of carbonyl (C=O) groups excluding carboxylic acids is 1. The Bertz CT molecular complexity index is 887. The first kappa shape index (κ1) is 28.2. The molecule has 3 rings (SSSR count). The van der Waals surface area contributed by atoms with Crippen molar-refractivity contribution in [1.82, 2.24) is 0 Å². The van der Waals surface area contributed by atoms with E-state index in [4.69, 9.17) is 9.47 Å². The third kappa shape index (κ3) is 10.3. The van der Waals surface area contributed by atoms with Crippen molar-refractivity contribution in [1.29, 1.82) is 0 Å². The summed E-state index contributed by atoms with van der Waals surface area (Å²) in [7, 11) is 0. The van der Waals surface area contributed by atoms with Crippen LogP contribution in [0.15, 0.2) is 42.5 Å². The summed E-state index contributed by atoms with van der Waals surface area (Å²) in [4.78, 5) is 12.5. The number of unbranched alkanes of at least 4 members (excludes halogenated alkanes) is 8. The Kier molecular flexibility index (Phi) is 12.9. The molecule has 0 saturated heterocycles. The second-order valence-corrected chi connectivity index (χ2v) is 10.4. The SMILES string of the molecule is CCCCCCCCCCCOc1ccc(C(=O)Oc2ccc(CCC3CCCCC3)cc2)c(F)c1. The van der Waals surface area contributed by atoms with E-state index < -0.39 is 11.8 Å². The summed E-state index contributed by atoms with van der Waals surface area (Å²) < 4.78 is 25.7. The summed E-state index contributed by atoms with van der Waals surface area (Å²) in [6.07, 6.45) is 20.3. The van der Waals surface area contributed by atoms with Gasteiger partial charge in [-0.1, -0.05) is 103 Å². The minimum absolute atomic E-state index is 0.0770. The molecule has 2 aromatic carbocycles. The first-order chi connectivity index (χ1) is 17.7. The van der Waals surface area contributed by atoms with Crippen LogP contribution in [0.2, 0.25) is 0 Å². The number of ether oxygens (including phenoxy) is 2. The van der Waals surface area contributed by atoms with E-state index in [1.807, 2.05) is 12.1 Å². The molecule has 0 radical (unpaired) electrons. The van der Waals surface area contributed by atoms with Gasteiger partial charge in [-0.15, -0.1) is 0 Å². The molecular formula is C32H45FO3. The number of carbonyl (C=O) groups is 1. The van der Waals surface area contributed by atoms with Gasteiger partial charge in [-0.3, -0.25) is 0 Å². The van der Waals surface area contributed by atoms with Crippen LogP contribution in [0.3, 0.4) is 0 Å². The Balaban J connectivity index is 1.35. The lowest BCUT2D eigenvalue weighted by atomic mass is 9.85. The van der Waals surface area contributed by atoms with Gasteiger partial charge in [0.1, 0.15) is 17.3 Å². The molecule has 0 heterocycles. The zero-order chi connectivity index (χ0) is 25.4. The Morgan fingerprint density at radius 3 is 2.14 bits per heavy atom. The molecule has 0 amide bonds. The van der Waals surface area contributed by atoms with Crippen LogP contribution in [0.5, 0.6) is 11.5 Å². The molecule has 36 heavy (non-hydrogen) atoms. The molecule has 0 bridgehead atoms. The standard InChI is InChI=1S/C32H45FO3/c1-2-3-4-5-6-7-8-9-13-24-35-29-22-23-30(31(33)25-29)32(34)36-28-20-18-27(19-21-28)17-16-26-14-11-10-12-15-26/h18-23,25-26H,2-17,24H2,1H3. The highest BCUT2D eigenvalue weighted by atomic mass is 19.1.